The third kappa shape index (κ3) is 6.93. The Kier molecular flexibility index (Phi) is 6.40. The normalized spacial score (nSPS) is 11.2. The maximum absolute atomic E-state index is 11.9. The summed E-state index contributed by atoms with van der Waals surface area (Å²) in [4.78, 5) is 22.5. The van der Waals surface area contributed by atoms with E-state index >= 15 is 0 Å². The van der Waals surface area contributed by atoms with Gasteiger partial charge in [-0.1, -0.05) is 31.2 Å². The Balaban J connectivity index is 2.40. The Morgan fingerprint density at radius 1 is 1.10 bits per heavy atom. The van der Waals surface area contributed by atoms with Crippen LogP contribution < -0.4 is 5.32 Å². The summed E-state index contributed by atoms with van der Waals surface area (Å²) >= 11 is 0. The van der Waals surface area contributed by atoms with Crippen LogP contribution in [0.3, 0.4) is 0 Å². The molecule has 1 amide bonds. The van der Waals surface area contributed by atoms with E-state index in [4.69, 9.17) is 5.11 Å². The van der Waals surface area contributed by atoms with Crippen molar-refractivity contribution in [3.8, 4) is 0 Å². The smallest absolute Gasteiger partial charge is 0.303 e. The molecule has 0 aliphatic rings. The summed E-state index contributed by atoms with van der Waals surface area (Å²) in [5.74, 6) is -0.877. The van der Waals surface area contributed by atoms with Crippen molar-refractivity contribution in [2.45, 2.75) is 58.4 Å². The lowest BCUT2D eigenvalue weighted by Crippen LogP contribution is -2.43. The molecule has 1 aromatic carbocycles. The molecule has 2 N–H and O–H groups in total. The molecule has 4 nitrogen and oxygen atoms in total. The van der Waals surface area contributed by atoms with Gasteiger partial charge in [0.05, 0.1) is 0 Å². The highest BCUT2D eigenvalue weighted by Crippen LogP contribution is 2.12. The maximum atomic E-state index is 11.9. The van der Waals surface area contributed by atoms with Crippen molar-refractivity contribution in [1.29, 1.82) is 0 Å². The second-order valence-electron chi connectivity index (χ2n) is 6.00. The molecule has 0 aliphatic carbocycles. The molecule has 0 fully saturated rings. The molecule has 0 aliphatic heterocycles. The van der Waals surface area contributed by atoms with Crippen LogP contribution in [-0.4, -0.2) is 22.5 Å². The number of hydrogen-bond donors (Lipinski definition) is 2. The van der Waals surface area contributed by atoms with Crippen molar-refractivity contribution < 1.29 is 14.7 Å². The molecule has 116 valence electrons. The minimum Gasteiger partial charge on any atom is -0.481 e. The molecule has 0 radical (unpaired) electrons. The fraction of sp³-hybridized carbons (Fsp3) is 0.529. The average Bonchev–Trinajstić information content (AvgIpc) is 2.43. The number of hydrogen-bond acceptors (Lipinski definition) is 2. The van der Waals surface area contributed by atoms with E-state index in [-0.39, 0.29) is 12.3 Å². The van der Waals surface area contributed by atoms with Crippen LogP contribution in [0.15, 0.2) is 24.3 Å². The highest BCUT2D eigenvalue weighted by molar-refractivity contribution is 5.77. The Hall–Kier alpha value is -1.84. The van der Waals surface area contributed by atoms with Crippen molar-refractivity contribution in [1.82, 2.24) is 5.32 Å². The molecule has 0 saturated heterocycles. The molecular formula is C17H25NO3. The van der Waals surface area contributed by atoms with Crippen molar-refractivity contribution >= 4 is 11.9 Å². The standard InChI is InChI=1S/C17H25NO3/c1-4-13-5-7-14(8-6-13)9-10-15(19)18-17(2,3)12-11-16(20)21/h5-8H,4,9-12H2,1-3H3,(H,18,19)(H,20,21). The van der Waals surface area contributed by atoms with E-state index in [0.717, 1.165) is 12.0 Å². The van der Waals surface area contributed by atoms with Crippen LogP contribution in [-0.2, 0) is 22.4 Å². The largest absolute Gasteiger partial charge is 0.481 e. The number of carbonyl (C=O) groups excluding carboxylic acids is 1. The number of carbonyl (C=O) groups is 2. The van der Waals surface area contributed by atoms with Gasteiger partial charge in [0.25, 0.3) is 0 Å². The first-order valence-corrected chi connectivity index (χ1v) is 7.43. The predicted molar refractivity (Wildman–Crippen MR) is 83.2 cm³/mol. The van der Waals surface area contributed by atoms with Gasteiger partial charge in [-0.25, -0.2) is 0 Å². The van der Waals surface area contributed by atoms with E-state index in [9.17, 15) is 9.59 Å². The van der Waals surface area contributed by atoms with Gasteiger partial charge in [-0.3, -0.25) is 9.59 Å². The summed E-state index contributed by atoms with van der Waals surface area (Å²) in [6, 6.07) is 8.29. The van der Waals surface area contributed by atoms with E-state index in [1.54, 1.807) is 0 Å². The average molecular weight is 291 g/mol. The van der Waals surface area contributed by atoms with Crippen LogP contribution in [0, 0.1) is 0 Å². The van der Waals surface area contributed by atoms with Crippen LogP contribution in [0.1, 0.15) is 51.2 Å². The lowest BCUT2D eigenvalue weighted by Gasteiger charge is -2.25. The molecule has 0 saturated carbocycles. The van der Waals surface area contributed by atoms with Crippen molar-refractivity contribution in [2.24, 2.45) is 0 Å². The topological polar surface area (TPSA) is 66.4 Å². The van der Waals surface area contributed by atoms with Crippen molar-refractivity contribution in [3.63, 3.8) is 0 Å². The Morgan fingerprint density at radius 3 is 2.19 bits per heavy atom. The third-order valence-corrected chi connectivity index (χ3v) is 3.51. The molecule has 0 unspecified atom stereocenters. The monoisotopic (exact) mass is 291 g/mol. The Morgan fingerprint density at radius 2 is 1.67 bits per heavy atom. The number of carboxylic acid groups (broad SMARTS) is 1. The van der Waals surface area contributed by atoms with Crippen molar-refractivity contribution in [2.75, 3.05) is 0 Å². The third-order valence-electron chi connectivity index (χ3n) is 3.51. The van der Waals surface area contributed by atoms with Crippen LogP contribution in [0.2, 0.25) is 0 Å². The van der Waals surface area contributed by atoms with Gasteiger partial charge >= 0.3 is 5.97 Å². The van der Waals surface area contributed by atoms with Crippen LogP contribution in [0.5, 0.6) is 0 Å². The van der Waals surface area contributed by atoms with Gasteiger partial charge < -0.3 is 10.4 Å². The van der Waals surface area contributed by atoms with E-state index in [0.29, 0.717) is 19.3 Å². The summed E-state index contributed by atoms with van der Waals surface area (Å²) in [6.07, 6.45) is 2.62. The van der Waals surface area contributed by atoms with Gasteiger partial charge in [0.1, 0.15) is 0 Å². The first-order valence-electron chi connectivity index (χ1n) is 7.43. The number of aliphatic carboxylic acids is 1. The van der Waals surface area contributed by atoms with Crippen LogP contribution >= 0.6 is 0 Å². The van der Waals surface area contributed by atoms with E-state index < -0.39 is 11.5 Å². The Bertz CT molecular complexity index is 477. The van der Waals surface area contributed by atoms with Gasteiger partial charge in [-0.2, -0.15) is 0 Å². The lowest BCUT2D eigenvalue weighted by molar-refractivity contribution is -0.137. The minimum atomic E-state index is -0.840. The SMILES string of the molecule is CCc1ccc(CCC(=O)NC(C)(C)CCC(=O)O)cc1. The predicted octanol–water partition coefficient (Wildman–Crippen LogP) is 2.94. The van der Waals surface area contributed by atoms with Crippen LogP contribution in [0.4, 0.5) is 0 Å². The molecule has 0 aromatic heterocycles. The fourth-order valence-corrected chi connectivity index (χ4v) is 2.12. The quantitative estimate of drug-likeness (QED) is 0.774. The number of benzene rings is 1. The summed E-state index contributed by atoms with van der Waals surface area (Å²) in [7, 11) is 0. The zero-order chi connectivity index (χ0) is 15.9. The van der Waals surface area contributed by atoms with Gasteiger partial charge in [-0.05, 0) is 44.2 Å². The number of aryl methyl sites for hydroxylation is 2. The van der Waals surface area contributed by atoms with Crippen molar-refractivity contribution in [3.05, 3.63) is 35.4 Å². The van der Waals surface area contributed by atoms with Crippen LogP contribution in [0.25, 0.3) is 0 Å². The Labute approximate surface area is 126 Å². The summed E-state index contributed by atoms with van der Waals surface area (Å²) < 4.78 is 0. The second kappa shape index (κ2) is 7.81. The molecule has 1 aromatic rings. The van der Waals surface area contributed by atoms with E-state index in [2.05, 4.69) is 36.5 Å². The van der Waals surface area contributed by atoms with E-state index in [1.807, 2.05) is 13.8 Å². The molecule has 4 heteroatoms. The first-order chi connectivity index (χ1) is 9.82. The zero-order valence-electron chi connectivity index (χ0n) is 13.1. The molecule has 0 heterocycles. The highest BCUT2D eigenvalue weighted by Gasteiger charge is 2.21. The molecule has 0 atom stereocenters. The maximum Gasteiger partial charge on any atom is 0.303 e. The number of rotatable bonds is 8. The van der Waals surface area contributed by atoms with Gasteiger partial charge in [0, 0.05) is 18.4 Å². The number of carboxylic acids is 1. The molecule has 0 bridgehead atoms. The second-order valence-corrected chi connectivity index (χ2v) is 6.00. The summed E-state index contributed by atoms with van der Waals surface area (Å²) in [5.41, 5.74) is 1.95. The first kappa shape index (κ1) is 17.2. The fourth-order valence-electron chi connectivity index (χ4n) is 2.12. The van der Waals surface area contributed by atoms with Gasteiger partial charge in [0.2, 0.25) is 5.91 Å². The van der Waals surface area contributed by atoms with E-state index in [1.165, 1.54) is 5.56 Å². The summed E-state index contributed by atoms with van der Waals surface area (Å²) in [5, 5.41) is 11.6. The molecule has 21 heavy (non-hydrogen) atoms. The zero-order valence-corrected chi connectivity index (χ0v) is 13.1. The van der Waals surface area contributed by atoms with Gasteiger partial charge in [-0.15, -0.1) is 0 Å². The minimum absolute atomic E-state index is 0.0371. The lowest BCUT2D eigenvalue weighted by atomic mass is 9.97. The molecule has 1 rings (SSSR count). The van der Waals surface area contributed by atoms with Gasteiger partial charge in [0.15, 0.2) is 0 Å². The number of nitrogens with one attached hydrogen (secondary N) is 1. The highest BCUT2D eigenvalue weighted by atomic mass is 16.4. The number of amides is 1. The summed E-state index contributed by atoms with van der Waals surface area (Å²) in [6.45, 7) is 5.81. The molecule has 0 spiro atoms. The molecular weight excluding hydrogens is 266 g/mol.